The van der Waals surface area contributed by atoms with E-state index < -0.39 is 23.5 Å². The molecule has 0 spiro atoms. The van der Waals surface area contributed by atoms with E-state index >= 15 is 0 Å². The van der Waals surface area contributed by atoms with Crippen molar-refractivity contribution in [2.45, 2.75) is 19.8 Å². The molecule has 1 aromatic carbocycles. The third-order valence-corrected chi connectivity index (χ3v) is 2.54. The molecule has 0 amide bonds. The maximum atomic E-state index is 13.2. The molecule has 0 heterocycles. The maximum absolute atomic E-state index is 13.2. The predicted molar refractivity (Wildman–Crippen MR) is 58.1 cm³/mol. The summed E-state index contributed by atoms with van der Waals surface area (Å²) in [7, 11) is 1.29. The molecule has 0 fully saturated rings. The van der Waals surface area contributed by atoms with Gasteiger partial charge in [0.05, 0.1) is 13.0 Å². The Morgan fingerprint density at radius 2 is 1.82 bits per heavy atom. The van der Waals surface area contributed by atoms with Crippen molar-refractivity contribution in [1.29, 1.82) is 0 Å². The van der Waals surface area contributed by atoms with E-state index in [9.17, 15) is 13.6 Å². The van der Waals surface area contributed by atoms with E-state index in [4.69, 9.17) is 9.84 Å². The lowest BCUT2D eigenvalue weighted by Gasteiger charge is -2.19. The highest BCUT2D eigenvalue weighted by Crippen LogP contribution is 2.33. The summed E-state index contributed by atoms with van der Waals surface area (Å²) >= 11 is 0. The summed E-state index contributed by atoms with van der Waals surface area (Å²) in [6.45, 7) is 3.39. The number of methoxy groups -OCH3 is 1. The van der Waals surface area contributed by atoms with E-state index in [1.54, 1.807) is 13.8 Å². The average molecular weight is 244 g/mol. The van der Waals surface area contributed by atoms with Gasteiger partial charge in [-0.05, 0) is 12.0 Å². The van der Waals surface area contributed by atoms with Crippen molar-refractivity contribution in [1.82, 2.24) is 0 Å². The molecule has 1 rings (SSSR count). The molecule has 0 saturated heterocycles. The molecule has 0 aliphatic carbocycles. The van der Waals surface area contributed by atoms with Crippen LogP contribution in [-0.4, -0.2) is 18.2 Å². The second kappa shape index (κ2) is 5.12. The number of carboxylic acid groups (broad SMARTS) is 1. The highest BCUT2D eigenvalue weighted by Gasteiger charge is 2.28. The number of benzene rings is 1. The zero-order valence-electron chi connectivity index (χ0n) is 9.83. The maximum Gasteiger partial charge on any atom is 0.311 e. The highest BCUT2D eigenvalue weighted by atomic mass is 19.2. The smallest absolute Gasteiger partial charge is 0.311 e. The van der Waals surface area contributed by atoms with Gasteiger partial charge in [0.1, 0.15) is 5.75 Å². The molecule has 0 bridgehead atoms. The molecular weight excluding hydrogens is 230 g/mol. The van der Waals surface area contributed by atoms with Gasteiger partial charge in [0.2, 0.25) is 0 Å². The van der Waals surface area contributed by atoms with Crippen molar-refractivity contribution in [2.75, 3.05) is 7.11 Å². The molecule has 1 N–H and O–H groups in total. The number of carbonyl (C=O) groups is 1. The number of aliphatic carboxylic acids is 1. The number of rotatable bonds is 4. The van der Waals surface area contributed by atoms with Gasteiger partial charge in [-0.3, -0.25) is 4.79 Å². The van der Waals surface area contributed by atoms with E-state index in [0.29, 0.717) is 0 Å². The largest absolute Gasteiger partial charge is 0.496 e. The first kappa shape index (κ1) is 13.4. The van der Waals surface area contributed by atoms with E-state index in [1.807, 2.05) is 0 Å². The molecule has 17 heavy (non-hydrogen) atoms. The molecule has 0 aromatic heterocycles. The summed E-state index contributed by atoms with van der Waals surface area (Å²) in [4.78, 5) is 11.1. The summed E-state index contributed by atoms with van der Waals surface area (Å²) in [5.41, 5.74) is 0.147. The lowest BCUT2D eigenvalue weighted by atomic mass is 9.88. The van der Waals surface area contributed by atoms with Crippen LogP contribution >= 0.6 is 0 Å². The average Bonchev–Trinajstić information content (AvgIpc) is 2.22. The molecule has 0 radical (unpaired) electrons. The Morgan fingerprint density at radius 3 is 2.24 bits per heavy atom. The minimum Gasteiger partial charge on any atom is -0.496 e. The normalized spacial score (nSPS) is 12.6. The van der Waals surface area contributed by atoms with Crippen LogP contribution in [0.2, 0.25) is 0 Å². The first-order valence-corrected chi connectivity index (χ1v) is 5.14. The van der Waals surface area contributed by atoms with Crippen LogP contribution in [0.3, 0.4) is 0 Å². The van der Waals surface area contributed by atoms with Crippen LogP contribution in [-0.2, 0) is 4.79 Å². The van der Waals surface area contributed by atoms with Crippen molar-refractivity contribution in [3.63, 3.8) is 0 Å². The molecular formula is C12H14F2O3. The third kappa shape index (κ3) is 2.72. The van der Waals surface area contributed by atoms with Gasteiger partial charge in [-0.25, -0.2) is 8.78 Å². The Balaban J connectivity index is 3.36. The van der Waals surface area contributed by atoms with Gasteiger partial charge in [0.25, 0.3) is 0 Å². The number of ether oxygens (including phenoxy) is 1. The van der Waals surface area contributed by atoms with Crippen LogP contribution < -0.4 is 4.74 Å². The SMILES string of the molecule is COc1cc(F)c(F)cc1C(C(=O)O)C(C)C. The van der Waals surface area contributed by atoms with Crippen molar-refractivity contribution < 1.29 is 23.4 Å². The second-order valence-corrected chi connectivity index (χ2v) is 4.07. The summed E-state index contributed by atoms with van der Waals surface area (Å²) in [6.07, 6.45) is 0. The van der Waals surface area contributed by atoms with Crippen LogP contribution in [0.4, 0.5) is 8.78 Å². The van der Waals surface area contributed by atoms with Gasteiger partial charge < -0.3 is 9.84 Å². The first-order chi connectivity index (χ1) is 7.88. The number of hydrogen-bond acceptors (Lipinski definition) is 2. The van der Waals surface area contributed by atoms with Crippen LogP contribution in [0.1, 0.15) is 25.3 Å². The lowest BCUT2D eigenvalue weighted by molar-refractivity contribution is -0.139. The molecule has 3 nitrogen and oxygen atoms in total. The Bertz CT molecular complexity index is 430. The fraction of sp³-hybridized carbons (Fsp3) is 0.417. The third-order valence-electron chi connectivity index (χ3n) is 2.54. The molecule has 1 aromatic rings. The van der Waals surface area contributed by atoms with Gasteiger partial charge in [-0.2, -0.15) is 0 Å². The van der Waals surface area contributed by atoms with Crippen LogP contribution in [0.5, 0.6) is 5.75 Å². The number of halogens is 2. The molecule has 1 atom stereocenters. The molecule has 94 valence electrons. The summed E-state index contributed by atoms with van der Waals surface area (Å²) in [6, 6.07) is 1.75. The fourth-order valence-corrected chi connectivity index (χ4v) is 1.74. The molecule has 0 aliphatic rings. The van der Waals surface area contributed by atoms with Crippen molar-refractivity contribution >= 4 is 5.97 Å². The summed E-state index contributed by atoms with van der Waals surface area (Å²) < 4.78 is 31.1. The Morgan fingerprint density at radius 1 is 1.29 bits per heavy atom. The zero-order chi connectivity index (χ0) is 13.2. The fourth-order valence-electron chi connectivity index (χ4n) is 1.74. The molecule has 0 aliphatic heterocycles. The van der Waals surface area contributed by atoms with E-state index in [2.05, 4.69) is 0 Å². The topological polar surface area (TPSA) is 46.5 Å². The van der Waals surface area contributed by atoms with Gasteiger partial charge in [-0.1, -0.05) is 13.8 Å². The number of carboxylic acids is 1. The van der Waals surface area contributed by atoms with Crippen LogP contribution in [0.15, 0.2) is 12.1 Å². The lowest BCUT2D eigenvalue weighted by Crippen LogP contribution is -2.18. The first-order valence-electron chi connectivity index (χ1n) is 5.14. The van der Waals surface area contributed by atoms with Gasteiger partial charge in [0.15, 0.2) is 11.6 Å². The Kier molecular flexibility index (Phi) is 4.04. The minimum absolute atomic E-state index is 0.0463. The number of hydrogen-bond donors (Lipinski definition) is 1. The van der Waals surface area contributed by atoms with Crippen LogP contribution in [0.25, 0.3) is 0 Å². The standard InChI is InChI=1S/C12H14F2O3/c1-6(2)11(12(15)16)7-4-8(13)9(14)5-10(7)17-3/h4-6,11H,1-3H3,(H,15,16). The zero-order valence-corrected chi connectivity index (χ0v) is 9.83. The second-order valence-electron chi connectivity index (χ2n) is 4.07. The van der Waals surface area contributed by atoms with Gasteiger partial charge >= 0.3 is 5.97 Å². The Labute approximate surface area is 98.0 Å². The van der Waals surface area contributed by atoms with E-state index in [-0.39, 0.29) is 17.2 Å². The van der Waals surface area contributed by atoms with Gasteiger partial charge in [0, 0.05) is 11.6 Å². The quantitative estimate of drug-likeness (QED) is 0.885. The van der Waals surface area contributed by atoms with Crippen LogP contribution in [0, 0.1) is 17.6 Å². The Hall–Kier alpha value is -1.65. The van der Waals surface area contributed by atoms with E-state index in [1.165, 1.54) is 7.11 Å². The van der Waals surface area contributed by atoms with Crippen molar-refractivity contribution in [3.05, 3.63) is 29.3 Å². The van der Waals surface area contributed by atoms with Gasteiger partial charge in [-0.15, -0.1) is 0 Å². The highest BCUT2D eigenvalue weighted by molar-refractivity contribution is 5.77. The summed E-state index contributed by atoms with van der Waals surface area (Å²) in [5.74, 6) is -4.37. The monoisotopic (exact) mass is 244 g/mol. The molecule has 1 unspecified atom stereocenters. The molecule has 5 heteroatoms. The molecule has 0 saturated carbocycles. The van der Waals surface area contributed by atoms with E-state index in [0.717, 1.165) is 12.1 Å². The predicted octanol–water partition coefficient (Wildman–Crippen LogP) is 2.80. The summed E-state index contributed by atoms with van der Waals surface area (Å²) in [5, 5.41) is 9.11. The van der Waals surface area contributed by atoms with Crippen molar-refractivity contribution in [3.8, 4) is 5.75 Å². The minimum atomic E-state index is -1.09. The van der Waals surface area contributed by atoms with Crippen molar-refractivity contribution in [2.24, 2.45) is 5.92 Å².